The first-order chi connectivity index (χ1) is 11.7. The van der Waals surface area contributed by atoms with Gasteiger partial charge in [0.05, 0.1) is 13.1 Å². The monoisotopic (exact) mass is 338 g/mol. The van der Waals surface area contributed by atoms with E-state index in [4.69, 9.17) is 0 Å². The van der Waals surface area contributed by atoms with Crippen LogP contribution < -0.4 is 10.6 Å². The molecule has 3 rings (SSSR count). The van der Waals surface area contributed by atoms with Crippen molar-refractivity contribution < 1.29 is 4.79 Å². The number of nitrogens with zero attached hydrogens (tertiary/aromatic N) is 2. The van der Waals surface area contributed by atoms with Crippen LogP contribution >= 0.6 is 11.3 Å². The molecule has 122 valence electrons. The number of amides is 1. The molecule has 3 aromatic rings. The number of nitrogens with one attached hydrogen (secondary N) is 2. The van der Waals surface area contributed by atoms with Crippen LogP contribution in [-0.2, 0) is 11.3 Å². The second-order valence-electron chi connectivity index (χ2n) is 5.31. The van der Waals surface area contributed by atoms with Crippen molar-refractivity contribution in [2.75, 3.05) is 11.9 Å². The van der Waals surface area contributed by atoms with E-state index in [2.05, 4.69) is 20.6 Å². The summed E-state index contributed by atoms with van der Waals surface area (Å²) in [4.78, 5) is 21.7. The SMILES string of the molecule is Cc1ccnc(-c2ccc(NCC(=O)NCc3cccs3)cc2)n1. The lowest BCUT2D eigenvalue weighted by Crippen LogP contribution is -2.29. The predicted octanol–water partition coefficient (Wildman–Crippen LogP) is 3.24. The van der Waals surface area contributed by atoms with Gasteiger partial charge >= 0.3 is 0 Å². The minimum Gasteiger partial charge on any atom is -0.376 e. The van der Waals surface area contributed by atoms with Gasteiger partial charge in [-0.1, -0.05) is 6.07 Å². The Morgan fingerprint density at radius 3 is 2.71 bits per heavy atom. The van der Waals surface area contributed by atoms with Gasteiger partial charge in [-0.05, 0) is 48.7 Å². The van der Waals surface area contributed by atoms with Crippen molar-refractivity contribution in [3.63, 3.8) is 0 Å². The molecule has 1 aromatic carbocycles. The summed E-state index contributed by atoms with van der Waals surface area (Å²) in [6.07, 6.45) is 1.75. The Morgan fingerprint density at radius 2 is 2.00 bits per heavy atom. The minimum atomic E-state index is -0.0329. The highest BCUT2D eigenvalue weighted by Gasteiger charge is 2.04. The van der Waals surface area contributed by atoms with Crippen molar-refractivity contribution in [2.24, 2.45) is 0 Å². The molecule has 0 radical (unpaired) electrons. The summed E-state index contributed by atoms with van der Waals surface area (Å²) in [5.74, 6) is 0.671. The van der Waals surface area contributed by atoms with Crippen molar-refractivity contribution in [3.8, 4) is 11.4 Å². The summed E-state index contributed by atoms with van der Waals surface area (Å²) in [6.45, 7) is 2.75. The molecular weight excluding hydrogens is 320 g/mol. The maximum Gasteiger partial charge on any atom is 0.239 e. The maximum absolute atomic E-state index is 11.8. The number of carbonyl (C=O) groups is 1. The van der Waals surface area contributed by atoms with Gasteiger partial charge in [0.15, 0.2) is 5.82 Å². The molecule has 0 aliphatic heterocycles. The van der Waals surface area contributed by atoms with E-state index in [0.717, 1.165) is 21.8 Å². The molecule has 2 heterocycles. The van der Waals surface area contributed by atoms with E-state index >= 15 is 0 Å². The van der Waals surface area contributed by atoms with Crippen LogP contribution in [0, 0.1) is 6.92 Å². The molecule has 2 N–H and O–H groups in total. The normalized spacial score (nSPS) is 10.4. The first kappa shape index (κ1) is 16.1. The molecule has 5 nitrogen and oxygen atoms in total. The van der Waals surface area contributed by atoms with E-state index in [-0.39, 0.29) is 12.5 Å². The number of rotatable bonds is 6. The summed E-state index contributed by atoms with van der Waals surface area (Å²) < 4.78 is 0. The quantitative estimate of drug-likeness (QED) is 0.724. The number of hydrogen-bond donors (Lipinski definition) is 2. The standard InChI is InChI=1S/C18H18N4OS/c1-13-8-9-19-18(22-13)14-4-6-15(7-5-14)20-12-17(23)21-11-16-3-2-10-24-16/h2-10,20H,11-12H2,1H3,(H,21,23). The van der Waals surface area contributed by atoms with Crippen LogP contribution in [0.4, 0.5) is 5.69 Å². The Hall–Kier alpha value is -2.73. The minimum absolute atomic E-state index is 0.0329. The number of anilines is 1. The van der Waals surface area contributed by atoms with Gasteiger partial charge in [-0.2, -0.15) is 0 Å². The van der Waals surface area contributed by atoms with Crippen molar-refractivity contribution in [2.45, 2.75) is 13.5 Å². The molecule has 0 aliphatic rings. The third-order valence-electron chi connectivity index (χ3n) is 3.43. The van der Waals surface area contributed by atoms with E-state index in [1.54, 1.807) is 17.5 Å². The molecule has 6 heteroatoms. The fraction of sp³-hybridized carbons (Fsp3) is 0.167. The Kier molecular flexibility index (Phi) is 5.18. The molecule has 0 saturated carbocycles. The smallest absolute Gasteiger partial charge is 0.239 e. The van der Waals surface area contributed by atoms with Crippen molar-refractivity contribution >= 4 is 22.9 Å². The molecule has 24 heavy (non-hydrogen) atoms. The zero-order valence-corrected chi connectivity index (χ0v) is 14.1. The summed E-state index contributed by atoms with van der Waals surface area (Å²) in [5, 5.41) is 8.00. The van der Waals surface area contributed by atoms with Gasteiger partial charge in [0.25, 0.3) is 0 Å². The van der Waals surface area contributed by atoms with Crippen LogP contribution in [0.15, 0.2) is 54.0 Å². The summed E-state index contributed by atoms with van der Waals surface area (Å²) in [6, 6.07) is 13.6. The van der Waals surface area contributed by atoms with Gasteiger partial charge in [-0.3, -0.25) is 4.79 Å². The molecule has 1 amide bonds. The third-order valence-corrected chi connectivity index (χ3v) is 4.31. The van der Waals surface area contributed by atoms with Gasteiger partial charge in [-0.25, -0.2) is 9.97 Å². The Bertz CT molecular complexity index is 800. The molecule has 0 fully saturated rings. The van der Waals surface area contributed by atoms with E-state index in [1.165, 1.54) is 0 Å². The van der Waals surface area contributed by atoms with Crippen LogP contribution in [0.5, 0.6) is 0 Å². The number of benzene rings is 1. The van der Waals surface area contributed by atoms with E-state index < -0.39 is 0 Å². The van der Waals surface area contributed by atoms with Crippen molar-refractivity contribution in [3.05, 3.63) is 64.6 Å². The highest BCUT2D eigenvalue weighted by molar-refractivity contribution is 7.09. The number of aromatic nitrogens is 2. The van der Waals surface area contributed by atoms with Gasteiger partial charge in [0.2, 0.25) is 5.91 Å². The molecule has 0 saturated heterocycles. The molecule has 2 aromatic heterocycles. The van der Waals surface area contributed by atoms with Crippen LogP contribution in [-0.4, -0.2) is 22.4 Å². The van der Waals surface area contributed by atoms with E-state index in [0.29, 0.717) is 12.4 Å². The number of carbonyl (C=O) groups excluding carboxylic acids is 1. The average Bonchev–Trinajstić information content (AvgIpc) is 3.12. The number of hydrogen-bond acceptors (Lipinski definition) is 5. The van der Waals surface area contributed by atoms with E-state index in [9.17, 15) is 4.79 Å². The van der Waals surface area contributed by atoms with Gasteiger partial charge in [-0.15, -0.1) is 11.3 Å². The molecule has 0 atom stereocenters. The largest absolute Gasteiger partial charge is 0.376 e. The van der Waals surface area contributed by atoms with Crippen LogP contribution in [0.1, 0.15) is 10.6 Å². The first-order valence-corrected chi connectivity index (χ1v) is 8.52. The molecule has 0 bridgehead atoms. The lowest BCUT2D eigenvalue weighted by molar-refractivity contribution is -0.119. The second-order valence-corrected chi connectivity index (χ2v) is 6.34. The predicted molar refractivity (Wildman–Crippen MR) is 96.9 cm³/mol. The average molecular weight is 338 g/mol. The summed E-state index contributed by atoms with van der Waals surface area (Å²) in [5.41, 5.74) is 2.77. The van der Waals surface area contributed by atoms with Crippen molar-refractivity contribution in [1.29, 1.82) is 0 Å². The third kappa shape index (κ3) is 4.39. The molecule has 0 unspecified atom stereocenters. The van der Waals surface area contributed by atoms with E-state index in [1.807, 2.05) is 54.8 Å². The molecular formula is C18H18N4OS. The van der Waals surface area contributed by atoms with Crippen LogP contribution in [0.2, 0.25) is 0 Å². The highest BCUT2D eigenvalue weighted by Crippen LogP contribution is 2.17. The molecule has 0 aliphatic carbocycles. The Labute approximate surface area is 144 Å². The Morgan fingerprint density at radius 1 is 1.17 bits per heavy atom. The lowest BCUT2D eigenvalue weighted by atomic mass is 10.2. The number of aryl methyl sites for hydroxylation is 1. The zero-order chi connectivity index (χ0) is 16.8. The lowest BCUT2D eigenvalue weighted by Gasteiger charge is -2.08. The maximum atomic E-state index is 11.8. The van der Waals surface area contributed by atoms with Gasteiger partial charge in [0.1, 0.15) is 0 Å². The second kappa shape index (κ2) is 7.70. The summed E-state index contributed by atoms with van der Waals surface area (Å²) in [7, 11) is 0. The molecule has 0 spiro atoms. The van der Waals surface area contributed by atoms with Gasteiger partial charge in [0, 0.05) is 28.0 Å². The fourth-order valence-corrected chi connectivity index (χ4v) is 2.81. The highest BCUT2D eigenvalue weighted by atomic mass is 32.1. The summed E-state index contributed by atoms with van der Waals surface area (Å²) >= 11 is 1.63. The van der Waals surface area contributed by atoms with Gasteiger partial charge < -0.3 is 10.6 Å². The van der Waals surface area contributed by atoms with Crippen molar-refractivity contribution in [1.82, 2.24) is 15.3 Å². The van der Waals surface area contributed by atoms with Crippen LogP contribution in [0.3, 0.4) is 0 Å². The van der Waals surface area contributed by atoms with Crippen LogP contribution in [0.25, 0.3) is 11.4 Å². The number of thiophene rings is 1. The zero-order valence-electron chi connectivity index (χ0n) is 13.3. The topological polar surface area (TPSA) is 66.9 Å². The first-order valence-electron chi connectivity index (χ1n) is 7.64. The fourth-order valence-electron chi connectivity index (χ4n) is 2.17. The Balaban J connectivity index is 1.51.